The summed E-state index contributed by atoms with van der Waals surface area (Å²) in [6.07, 6.45) is 6.40. The Bertz CT molecular complexity index is 214. The lowest BCUT2D eigenvalue weighted by Crippen LogP contribution is -2.34. The van der Waals surface area contributed by atoms with Crippen LogP contribution in [-0.4, -0.2) is 31.6 Å². The predicted molar refractivity (Wildman–Crippen MR) is 64.3 cm³/mol. The summed E-state index contributed by atoms with van der Waals surface area (Å²) in [5, 5.41) is 3.64. The number of hydrogen-bond donors (Lipinski definition) is 1. The molecule has 16 heavy (non-hydrogen) atoms. The van der Waals surface area contributed by atoms with E-state index in [0.717, 1.165) is 38.1 Å². The molecule has 1 N–H and O–H groups in total. The van der Waals surface area contributed by atoms with Crippen molar-refractivity contribution in [3.05, 3.63) is 0 Å². The molecular formula is C13H25NO2. The first-order valence-electron chi connectivity index (χ1n) is 6.73. The van der Waals surface area contributed by atoms with Crippen molar-refractivity contribution in [2.24, 2.45) is 5.92 Å². The van der Waals surface area contributed by atoms with Crippen LogP contribution in [0.25, 0.3) is 0 Å². The molecule has 0 radical (unpaired) electrons. The number of nitrogens with one attached hydrogen (secondary N) is 1. The Hall–Kier alpha value is -0.120. The summed E-state index contributed by atoms with van der Waals surface area (Å²) in [5.41, 5.74) is 0. The van der Waals surface area contributed by atoms with Crippen LogP contribution in [0, 0.1) is 5.92 Å². The molecule has 0 bridgehead atoms. The van der Waals surface area contributed by atoms with Gasteiger partial charge in [-0.1, -0.05) is 13.3 Å². The summed E-state index contributed by atoms with van der Waals surface area (Å²) in [6, 6.07) is 0.731. The fraction of sp³-hybridized carbons (Fsp3) is 1.00. The van der Waals surface area contributed by atoms with E-state index >= 15 is 0 Å². The van der Waals surface area contributed by atoms with Gasteiger partial charge in [-0.15, -0.1) is 0 Å². The van der Waals surface area contributed by atoms with Crippen LogP contribution in [0.2, 0.25) is 0 Å². The molecule has 2 aliphatic rings. The van der Waals surface area contributed by atoms with Crippen molar-refractivity contribution in [2.45, 2.75) is 57.8 Å². The van der Waals surface area contributed by atoms with Gasteiger partial charge in [0, 0.05) is 19.0 Å². The highest BCUT2D eigenvalue weighted by atomic mass is 16.7. The highest BCUT2D eigenvalue weighted by molar-refractivity contribution is 4.80. The summed E-state index contributed by atoms with van der Waals surface area (Å²) in [7, 11) is 0. The quantitative estimate of drug-likeness (QED) is 0.782. The normalized spacial score (nSPS) is 33.4. The molecule has 1 heterocycles. The van der Waals surface area contributed by atoms with Crippen LogP contribution >= 0.6 is 0 Å². The SMILES string of the molecule is CCC1CCC(NCCC2(C)OCCO2)C1. The van der Waals surface area contributed by atoms with Gasteiger partial charge in [-0.25, -0.2) is 0 Å². The van der Waals surface area contributed by atoms with Gasteiger partial charge in [-0.05, 0) is 32.1 Å². The smallest absolute Gasteiger partial charge is 0.166 e. The zero-order chi connectivity index (χ0) is 11.4. The molecule has 2 unspecified atom stereocenters. The summed E-state index contributed by atoms with van der Waals surface area (Å²) >= 11 is 0. The molecule has 1 saturated carbocycles. The van der Waals surface area contributed by atoms with E-state index < -0.39 is 0 Å². The molecule has 0 aromatic carbocycles. The Labute approximate surface area is 98.9 Å². The van der Waals surface area contributed by atoms with E-state index in [0.29, 0.717) is 0 Å². The first kappa shape index (κ1) is 12.3. The summed E-state index contributed by atoms with van der Waals surface area (Å²) in [5.74, 6) is 0.627. The van der Waals surface area contributed by atoms with Gasteiger partial charge in [0.15, 0.2) is 5.79 Å². The molecule has 0 amide bonds. The first-order valence-corrected chi connectivity index (χ1v) is 6.73. The second-order valence-electron chi connectivity index (χ2n) is 5.32. The number of rotatable bonds is 5. The highest BCUT2D eigenvalue weighted by Crippen LogP contribution is 2.28. The predicted octanol–water partition coefficient (Wildman–Crippen LogP) is 2.31. The second kappa shape index (κ2) is 5.48. The Kier molecular flexibility index (Phi) is 4.22. The lowest BCUT2D eigenvalue weighted by atomic mass is 10.1. The zero-order valence-electron chi connectivity index (χ0n) is 10.6. The minimum Gasteiger partial charge on any atom is -0.348 e. The second-order valence-corrected chi connectivity index (χ2v) is 5.32. The maximum atomic E-state index is 5.59. The molecule has 1 aliphatic heterocycles. The average Bonchev–Trinajstić information content (AvgIpc) is 2.88. The fourth-order valence-corrected chi connectivity index (χ4v) is 2.84. The van der Waals surface area contributed by atoms with E-state index in [1.807, 2.05) is 6.92 Å². The molecule has 3 heteroatoms. The van der Waals surface area contributed by atoms with E-state index in [1.165, 1.54) is 25.7 Å². The number of ether oxygens (including phenoxy) is 2. The van der Waals surface area contributed by atoms with Gasteiger partial charge in [-0.3, -0.25) is 0 Å². The molecule has 3 nitrogen and oxygen atoms in total. The van der Waals surface area contributed by atoms with E-state index in [4.69, 9.17) is 9.47 Å². The van der Waals surface area contributed by atoms with Crippen LogP contribution in [0.4, 0.5) is 0 Å². The van der Waals surface area contributed by atoms with Crippen LogP contribution in [0.5, 0.6) is 0 Å². The largest absolute Gasteiger partial charge is 0.348 e. The summed E-state index contributed by atoms with van der Waals surface area (Å²) < 4.78 is 11.2. The van der Waals surface area contributed by atoms with Gasteiger partial charge in [0.2, 0.25) is 0 Å². The van der Waals surface area contributed by atoms with Crippen LogP contribution in [-0.2, 0) is 9.47 Å². The Morgan fingerprint density at radius 1 is 1.25 bits per heavy atom. The van der Waals surface area contributed by atoms with Crippen molar-refractivity contribution in [3.8, 4) is 0 Å². The third-order valence-electron chi connectivity index (χ3n) is 4.03. The van der Waals surface area contributed by atoms with E-state index in [-0.39, 0.29) is 5.79 Å². The molecule has 0 spiro atoms. The van der Waals surface area contributed by atoms with Gasteiger partial charge < -0.3 is 14.8 Å². The molecule has 2 rings (SSSR count). The van der Waals surface area contributed by atoms with Crippen LogP contribution in [0.15, 0.2) is 0 Å². The molecule has 0 aromatic heterocycles. The first-order chi connectivity index (χ1) is 7.72. The van der Waals surface area contributed by atoms with Gasteiger partial charge >= 0.3 is 0 Å². The van der Waals surface area contributed by atoms with Crippen molar-refractivity contribution in [2.75, 3.05) is 19.8 Å². The molecule has 2 atom stereocenters. The van der Waals surface area contributed by atoms with Crippen molar-refractivity contribution in [1.82, 2.24) is 5.32 Å². The summed E-state index contributed by atoms with van der Waals surface area (Å²) in [4.78, 5) is 0. The maximum absolute atomic E-state index is 5.59. The molecule has 94 valence electrons. The number of hydrogen-bond acceptors (Lipinski definition) is 3. The standard InChI is InChI=1S/C13H25NO2/c1-3-11-4-5-12(10-11)14-7-6-13(2)15-8-9-16-13/h11-12,14H,3-10H2,1-2H3. The minimum absolute atomic E-state index is 0.324. The monoisotopic (exact) mass is 227 g/mol. The molecule has 1 saturated heterocycles. The van der Waals surface area contributed by atoms with Crippen molar-refractivity contribution < 1.29 is 9.47 Å². The Balaban J connectivity index is 1.61. The van der Waals surface area contributed by atoms with E-state index in [9.17, 15) is 0 Å². The van der Waals surface area contributed by atoms with E-state index in [2.05, 4.69) is 12.2 Å². The molecule has 2 fully saturated rings. The topological polar surface area (TPSA) is 30.5 Å². The van der Waals surface area contributed by atoms with Crippen molar-refractivity contribution >= 4 is 0 Å². The van der Waals surface area contributed by atoms with Gasteiger partial charge in [0.25, 0.3) is 0 Å². The lowest BCUT2D eigenvalue weighted by Gasteiger charge is -2.23. The van der Waals surface area contributed by atoms with Gasteiger partial charge in [-0.2, -0.15) is 0 Å². The summed E-state index contributed by atoms with van der Waals surface area (Å²) in [6.45, 7) is 6.85. The van der Waals surface area contributed by atoms with Crippen molar-refractivity contribution in [1.29, 1.82) is 0 Å². The maximum Gasteiger partial charge on any atom is 0.166 e. The Morgan fingerprint density at radius 3 is 2.62 bits per heavy atom. The van der Waals surface area contributed by atoms with E-state index in [1.54, 1.807) is 0 Å². The van der Waals surface area contributed by atoms with Crippen LogP contribution < -0.4 is 5.32 Å². The zero-order valence-corrected chi connectivity index (χ0v) is 10.6. The van der Waals surface area contributed by atoms with Crippen LogP contribution in [0.1, 0.15) is 46.0 Å². The van der Waals surface area contributed by atoms with Gasteiger partial charge in [0.1, 0.15) is 0 Å². The van der Waals surface area contributed by atoms with Crippen LogP contribution in [0.3, 0.4) is 0 Å². The fourth-order valence-electron chi connectivity index (χ4n) is 2.84. The molecule has 0 aromatic rings. The third-order valence-corrected chi connectivity index (χ3v) is 4.03. The molecule has 1 aliphatic carbocycles. The minimum atomic E-state index is -0.324. The average molecular weight is 227 g/mol. The van der Waals surface area contributed by atoms with Crippen molar-refractivity contribution in [3.63, 3.8) is 0 Å². The molecular weight excluding hydrogens is 202 g/mol. The third kappa shape index (κ3) is 3.19. The highest BCUT2D eigenvalue weighted by Gasteiger charge is 2.31. The Morgan fingerprint density at radius 2 is 2.00 bits per heavy atom. The van der Waals surface area contributed by atoms with Gasteiger partial charge in [0.05, 0.1) is 13.2 Å². The lowest BCUT2D eigenvalue weighted by molar-refractivity contribution is -0.145.